The Balaban J connectivity index is 1.47. The molecule has 0 saturated heterocycles. The molecule has 152 valence electrons. The number of amides is 1. The van der Waals surface area contributed by atoms with Crippen molar-refractivity contribution in [1.82, 2.24) is 14.9 Å². The SMILES string of the molecule is O=C(Cn1cnc2ccccc21)NCc1ccccc1-c1ccc(C(F)(F)F)cc1. The quantitative estimate of drug-likeness (QED) is 0.502. The van der Waals surface area contributed by atoms with E-state index in [1.54, 1.807) is 10.9 Å². The number of rotatable bonds is 5. The van der Waals surface area contributed by atoms with Gasteiger partial charge in [-0.05, 0) is 41.0 Å². The molecule has 1 heterocycles. The van der Waals surface area contributed by atoms with Crippen molar-refractivity contribution in [3.8, 4) is 11.1 Å². The number of nitrogens with zero attached hydrogens (tertiary/aromatic N) is 2. The number of carbonyl (C=O) groups excluding carboxylic acids is 1. The third-order valence-electron chi connectivity index (χ3n) is 4.86. The third kappa shape index (κ3) is 4.20. The molecule has 0 aliphatic heterocycles. The molecule has 0 saturated carbocycles. The fraction of sp³-hybridized carbons (Fsp3) is 0.130. The smallest absolute Gasteiger partial charge is 0.350 e. The molecule has 0 spiro atoms. The number of hydrogen-bond acceptors (Lipinski definition) is 2. The molecule has 4 rings (SSSR count). The van der Waals surface area contributed by atoms with Crippen LogP contribution in [-0.4, -0.2) is 15.5 Å². The van der Waals surface area contributed by atoms with E-state index in [1.807, 2.05) is 48.5 Å². The third-order valence-corrected chi connectivity index (χ3v) is 4.86. The number of alkyl halides is 3. The van der Waals surface area contributed by atoms with Crippen LogP contribution in [0.3, 0.4) is 0 Å². The standard InChI is InChI=1S/C23H18F3N3O/c24-23(25,26)18-11-9-16(10-12-18)19-6-2-1-5-17(19)13-27-22(30)14-29-15-28-20-7-3-4-8-21(20)29/h1-12,15H,13-14H2,(H,27,30). The number of imidazole rings is 1. The molecule has 4 aromatic rings. The fourth-order valence-corrected chi connectivity index (χ4v) is 3.34. The highest BCUT2D eigenvalue weighted by Crippen LogP contribution is 2.31. The van der Waals surface area contributed by atoms with Gasteiger partial charge in [0.05, 0.1) is 22.9 Å². The largest absolute Gasteiger partial charge is 0.416 e. The van der Waals surface area contributed by atoms with Gasteiger partial charge in [0, 0.05) is 6.54 Å². The summed E-state index contributed by atoms with van der Waals surface area (Å²) in [6.45, 7) is 0.394. The first-order valence-electron chi connectivity index (χ1n) is 9.34. The van der Waals surface area contributed by atoms with E-state index < -0.39 is 11.7 Å². The Morgan fingerprint density at radius 1 is 0.933 bits per heavy atom. The maximum absolute atomic E-state index is 12.8. The van der Waals surface area contributed by atoms with Gasteiger partial charge in [-0.3, -0.25) is 4.79 Å². The second kappa shape index (κ2) is 8.02. The van der Waals surface area contributed by atoms with Crippen LogP contribution >= 0.6 is 0 Å². The van der Waals surface area contributed by atoms with Gasteiger partial charge in [0.2, 0.25) is 5.91 Å². The van der Waals surface area contributed by atoms with Crippen LogP contribution in [0.15, 0.2) is 79.1 Å². The minimum Gasteiger partial charge on any atom is -0.350 e. The van der Waals surface area contributed by atoms with Crippen LogP contribution in [0.1, 0.15) is 11.1 Å². The van der Waals surface area contributed by atoms with E-state index in [4.69, 9.17) is 0 Å². The first-order valence-corrected chi connectivity index (χ1v) is 9.34. The van der Waals surface area contributed by atoms with Crippen molar-refractivity contribution in [3.05, 3.63) is 90.3 Å². The lowest BCUT2D eigenvalue weighted by Gasteiger charge is -2.13. The van der Waals surface area contributed by atoms with Crippen molar-refractivity contribution in [1.29, 1.82) is 0 Å². The van der Waals surface area contributed by atoms with Crippen molar-refractivity contribution < 1.29 is 18.0 Å². The molecule has 30 heavy (non-hydrogen) atoms. The van der Waals surface area contributed by atoms with Gasteiger partial charge in [0.25, 0.3) is 0 Å². The first kappa shape index (κ1) is 19.7. The van der Waals surface area contributed by atoms with Gasteiger partial charge in [-0.2, -0.15) is 13.2 Å². The zero-order valence-corrected chi connectivity index (χ0v) is 15.9. The summed E-state index contributed by atoms with van der Waals surface area (Å²) < 4.78 is 40.2. The number of fused-ring (bicyclic) bond motifs is 1. The molecule has 0 radical (unpaired) electrons. The molecule has 0 aliphatic carbocycles. The van der Waals surface area contributed by atoms with Crippen molar-refractivity contribution in [2.45, 2.75) is 19.3 Å². The number of nitrogens with one attached hydrogen (secondary N) is 1. The van der Waals surface area contributed by atoms with Gasteiger partial charge in [-0.1, -0.05) is 48.5 Å². The van der Waals surface area contributed by atoms with Gasteiger partial charge in [0.15, 0.2) is 0 Å². The molecule has 3 aromatic carbocycles. The Bertz CT molecular complexity index is 1180. The second-order valence-corrected chi connectivity index (χ2v) is 6.87. The van der Waals surface area contributed by atoms with E-state index >= 15 is 0 Å². The topological polar surface area (TPSA) is 46.9 Å². The Hall–Kier alpha value is -3.61. The average Bonchev–Trinajstić information content (AvgIpc) is 3.15. The normalized spacial score (nSPS) is 11.6. The molecule has 4 nitrogen and oxygen atoms in total. The van der Waals surface area contributed by atoms with Crippen LogP contribution in [-0.2, 0) is 24.1 Å². The van der Waals surface area contributed by atoms with E-state index in [-0.39, 0.29) is 19.0 Å². The van der Waals surface area contributed by atoms with Crippen molar-refractivity contribution in [3.63, 3.8) is 0 Å². The highest BCUT2D eigenvalue weighted by atomic mass is 19.4. The van der Waals surface area contributed by atoms with E-state index in [0.29, 0.717) is 5.56 Å². The molecule has 0 aliphatic rings. The van der Waals surface area contributed by atoms with Crippen LogP contribution in [0.5, 0.6) is 0 Å². The summed E-state index contributed by atoms with van der Waals surface area (Å²) in [4.78, 5) is 16.7. The van der Waals surface area contributed by atoms with Crippen molar-refractivity contribution in [2.24, 2.45) is 0 Å². The predicted molar refractivity (Wildman–Crippen MR) is 108 cm³/mol. The Morgan fingerprint density at radius 2 is 1.63 bits per heavy atom. The minimum atomic E-state index is -4.37. The van der Waals surface area contributed by atoms with Gasteiger partial charge in [-0.25, -0.2) is 4.98 Å². The molecule has 0 unspecified atom stereocenters. The second-order valence-electron chi connectivity index (χ2n) is 6.87. The maximum atomic E-state index is 12.8. The van der Waals surface area contributed by atoms with Crippen molar-refractivity contribution in [2.75, 3.05) is 0 Å². The van der Waals surface area contributed by atoms with Gasteiger partial charge >= 0.3 is 6.18 Å². The molecule has 0 atom stereocenters. The van der Waals surface area contributed by atoms with Gasteiger partial charge in [0.1, 0.15) is 6.54 Å². The molecule has 1 aromatic heterocycles. The lowest BCUT2D eigenvalue weighted by molar-refractivity contribution is -0.137. The first-order chi connectivity index (χ1) is 14.4. The predicted octanol–water partition coefficient (Wildman–Crippen LogP) is 5.04. The summed E-state index contributed by atoms with van der Waals surface area (Å²) in [6, 6.07) is 19.9. The van der Waals surface area contributed by atoms with Crippen LogP contribution < -0.4 is 5.32 Å². The summed E-state index contributed by atoms with van der Waals surface area (Å²) in [5.74, 6) is -0.180. The summed E-state index contributed by atoms with van der Waals surface area (Å²) >= 11 is 0. The van der Waals surface area contributed by atoms with Crippen LogP contribution in [0.4, 0.5) is 13.2 Å². The highest BCUT2D eigenvalue weighted by Gasteiger charge is 2.30. The number of para-hydroxylation sites is 2. The monoisotopic (exact) mass is 409 g/mol. The lowest BCUT2D eigenvalue weighted by atomic mass is 9.98. The Morgan fingerprint density at radius 3 is 2.40 bits per heavy atom. The average molecular weight is 409 g/mol. The molecule has 1 N–H and O–H groups in total. The lowest BCUT2D eigenvalue weighted by Crippen LogP contribution is -2.27. The summed E-state index contributed by atoms with van der Waals surface area (Å²) in [6.07, 6.45) is -2.75. The Kier molecular flexibility index (Phi) is 5.27. The van der Waals surface area contributed by atoms with E-state index in [1.165, 1.54) is 12.1 Å². The maximum Gasteiger partial charge on any atom is 0.416 e. The molecule has 0 fully saturated rings. The van der Waals surface area contributed by atoms with Gasteiger partial charge in [-0.15, -0.1) is 0 Å². The molecule has 7 heteroatoms. The zero-order valence-electron chi connectivity index (χ0n) is 15.9. The Labute approximate surface area is 171 Å². The molecular formula is C23H18F3N3O. The molecular weight excluding hydrogens is 391 g/mol. The number of aromatic nitrogens is 2. The number of carbonyl (C=O) groups is 1. The number of hydrogen-bond donors (Lipinski definition) is 1. The zero-order chi connectivity index (χ0) is 21.1. The molecule has 1 amide bonds. The highest BCUT2D eigenvalue weighted by molar-refractivity contribution is 5.80. The summed E-state index contributed by atoms with van der Waals surface area (Å²) in [5, 5.41) is 2.88. The van der Waals surface area contributed by atoms with Crippen molar-refractivity contribution >= 4 is 16.9 Å². The van der Waals surface area contributed by atoms with Crippen LogP contribution in [0.25, 0.3) is 22.2 Å². The summed E-state index contributed by atoms with van der Waals surface area (Å²) in [7, 11) is 0. The van der Waals surface area contributed by atoms with E-state index in [2.05, 4.69) is 10.3 Å². The van der Waals surface area contributed by atoms with E-state index in [0.717, 1.165) is 34.3 Å². The number of halogens is 3. The fourth-order valence-electron chi connectivity index (χ4n) is 3.34. The van der Waals surface area contributed by atoms with Crippen LogP contribution in [0, 0.1) is 0 Å². The molecule has 0 bridgehead atoms. The van der Waals surface area contributed by atoms with E-state index in [9.17, 15) is 18.0 Å². The van der Waals surface area contributed by atoms with Crippen LogP contribution in [0.2, 0.25) is 0 Å². The summed E-state index contributed by atoms with van der Waals surface area (Å²) in [5.41, 5.74) is 3.26. The number of benzene rings is 3. The van der Waals surface area contributed by atoms with Gasteiger partial charge < -0.3 is 9.88 Å². The minimum absolute atomic E-state index is 0.128.